The van der Waals surface area contributed by atoms with Crippen LogP contribution >= 0.6 is 0 Å². The van der Waals surface area contributed by atoms with E-state index in [1.54, 1.807) is 43.9 Å². The number of aliphatic hydroxyl groups is 1. The number of benzene rings is 1. The van der Waals surface area contributed by atoms with Gasteiger partial charge in [-0.2, -0.15) is 0 Å². The summed E-state index contributed by atoms with van der Waals surface area (Å²) in [5, 5.41) is 12.4. The number of ether oxygens (including phenoxy) is 1. The van der Waals surface area contributed by atoms with Crippen LogP contribution in [0.25, 0.3) is 11.1 Å². The Morgan fingerprint density at radius 2 is 2.04 bits per heavy atom. The summed E-state index contributed by atoms with van der Waals surface area (Å²) in [6.45, 7) is 2.10. The van der Waals surface area contributed by atoms with Gasteiger partial charge in [0.15, 0.2) is 0 Å². The van der Waals surface area contributed by atoms with Gasteiger partial charge in [0, 0.05) is 30.2 Å². The summed E-state index contributed by atoms with van der Waals surface area (Å²) in [6.07, 6.45) is 5.12. The molecule has 0 fully saturated rings. The molecule has 0 unspecified atom stereocenters. The van der Waals surface area contributed by atoms with Gasteiger partial charge in [-0.1, -0.05) is 0 Å². The first-order chi connectivity index (χ1) is 13.1. The van der Waals surface area contributed by atoms with E-state index in [0.29, 0.717) is 22.6 Å². The number of aromatic nitrogens is 2. The standard InChI is InChI=1S/C21H21N3O3/c1-14-11-22-5-4-20(14)16-7-15(13-25)8-17(9-16)21(26)24-12-18-10-19(27-2)3-6-23-18/h3-11,25H,12-13H2,1-2H3,(H,24,26). The summed E-state index contributed by atoms with van der Waals surface area (Å²) in [5.74, 6) is 0.454. The van der Waals surface area contributed by atoms with E-state index >= 15 is 0 Å². The Hall–Kier alpha value is -3.25. The molecule has 0 saturated carbocycles. The predicted octanol–water partition coefficient (Wildman–Crippen LogP) is 2.88. The Labute approximate surface area is 157 Å². The smallest absolute Gasteiger partial charge is 0.251 e. The number of hydrogen-bond acceptors (Lipinski definition) is 5. The van der Waals surface area contributed by atoms with E-state index in [-0.39, 0.29) is 19.1 Å². The monoisotopic (exact) mass is 363 g/mol. The number of rotatable bonds is 6. The topological polar surface area (TPSA) is 84.3 Å². The second-order valence-electron chi connectivity index (χ2n) is 6.14. The third-order valence-corrected chi connectivity index (χ3v) is 4.22. The number of pyridine rings is 2. The molecule has 27 heavy (non-hydrogen) atoms. The lowest BCUT2D eigenvalue weighted by atomic mass is 9.97. The lowest BCUT2D eigenvalue weighted by molar-refractivity contribution is 0.0950. The zero-order valence-corrected chi connectivity index (χ0v) is 15.3. The molecular formula is C21H21N3O3. The minimum Gasteiger partial charge on any atom is -0.497 e. The van der Waals surface area contributed by atoms with Crippen molar-refractivity contribution in [2.75, 3.05) is 7.11 Å². The quantitative estimate of drug-likeness (QED) is 0.703. The second-order valence-corrected chi connectivity index (χ2v) is 6.14. The minimum atomic E-state index is -0.233. The fourth-order valence-electron chi connectivity index (χ4n) is 2.82. The van der Waals surface area contributed by atoms with Crippen molar-refractivity contribution in [3.8, 4) is 16.9 Å². The van der Waals surface area contributed by atoms with Gasteiger partial charge in [0.2, 0.25) is 0 Å². The summed E-state index contributed by atoms with van der Waals surface area (Å²) >= 11 is 0. The molecule has 0 aliphatic heterocycles. The molecule has 2 N–H and O–H groups in total. The highest BCUT2D eigenvalue weighted by atomic mass is 16.5. The molecule has 3 rings (SSSR count). The summed E-state index contributed by atoms with van der Waals surface area (Å²) < 4.78 is 5.17. The third kappa shape index (κ3) is 4.48. The van der Waals surface area contributed by atoms with Crippen molar-refractivity contribution in [1.82, 2.24) is 15.3 Å². The predicted molar refractivity (Wildman–Crippen MR) is 102 cm³/mol. The van der Waals surface area contributed by atoms with Crippen molar-refractivity contribution in [3.05, 3.63) is 77.4 Å². The Morgan fingerprint density at radius 3 is 2.78 bits per heavy atom. The Morgan fingerprint density at radius 1 is 1.19 bits per heavy atom. The largest absolute Gasteiger partial charge is 0.497 e. The fourth-order valence-corrected chi connectivity index (χ4v) is 2.82. The number of methoxy groups -OCH3 is 1. The van der Waals surface area contributed by atoms with Gasteiger partial charge in [-0.25, -0.2) is 0 Å². The van der Waals surface area contributed by atoms with E-state index in [0.717, 1.165) is 16.7 Å². The van der Waals surface area contributed by atoms with E-state index < -0.39 is 0 Å². The van der Waals surface area contributed by atoms with Crippen molar-refractivity contribution in [1.29, 1.82) is 0 Å². The normalized spacial score (nSPS) is 10.5. The number of amides is 1. The molecule has 0 aliphatic rings. The van der Waals surface area contributed by atoms with Crippen LogP contribution in [0.4, 0.5) is 0 Å². The molecule has 2 heterocycles. The van der Waals surface area contributed by atoms with Crippen LogP contribution in [-0.4, -0.2) is 28.1 Å². The fraction of sp³-hybridized carbons (Fsp3) is 0.190. The van der Waals surface area contributed by atoms with Gasteiger partial charge in [-0.3, -0.25) is 14.8 Å². The first-order valence-electron chi connectivity index (χ1n) is 8.53. The van der Waals surface area contributed by atoms with Crippen LogP contribution in [0.2, 0.25) is 0 Å². The molecule has 1 amide bonds. The van der Waals surface area contributed by atoms with Crippen LogP contribution in [0.5, 0.6) is 5.75 Å². The summed E-state index contributed by atoms with van der Waals surface area (Å²) in [4.78, 5) is 21.0. The van der Waals surface area contributed by atoms with Gasteiger partial charge in [-0.05, 0) is 59.5 Å². The van der Waals surface area contributed by atoms with Crippen LogP contribution in [0.15, 0.2) is 55.0 Å². The number of aliphatic hydroxyl groups excluding tert-OH is 1. The number of nitrogens with zero attached hydrogens (tertiary/aromatic N) is 2. The van der Waals surface area contributed by atoms with E-state index in [1.165, 1.54) is 0 Å². The van der Waals surface area contributed by atoms with Gasteiger partial charge in [0.05, 0.1) is 26.0 Å². The van der Waals surface area contributed by atoms with E-state index in [1.807, 2.05) is 25.1 Å². The molecular weight excluding hydrogens is 342 g/mol. The number of carbonyl (C=O) groups is 1. The van der Waals surface area contributed by atoms with Crippen molar-refractivity contribution in [3.63, 3.8) is 0 Å². The Bertz CT molecular complexity index is 957. The molecule has 138 valence electrons. The molecule has 0 radical (unpaired) electrons. The summed E-state index contributed by atoms with van der Waals surface area (Å²) in [5.41, 5.74) is 4.70. The summed E-state index contributed by atoms with van der Waals surface area (Å²) in [6, 6.07) is 10.8. The molecule has 1 aromatic carbocycles. The van der Waals surface area contributed by atoms with Crippen molar-refractivity contribution in [2.45, 2.75) is 20.1 Å². The maximum Gasteiger partial charge on any atom is 0.251 e. The van der Waals surface area contributed by atoms with Gasteiger partial charge in [0.1, 0.15) is 5.75 Å². The first-order valence-corrected chi connectivity index (χ1v) is 8.53. The summed E-state index contributed by atoms with van der Waals surface area (Å²) in [7, 11) is 1.58. The van der Waals surface area contributed by atoms with E-state index in [2.05, 4.69) is 15.3 Å². The highest BCUT2D eigenvalue weighted by Gasteiger charge is 2.11. The SMILES string of the molecule is COc1ccnc(CNC(=O)c2cc(CO)cc(-c3ccncc3C)c2)c1. The average molecular weight is 363 g/mol. The molecule has 0 spiro atoms. The Kier molecular flexibility index (Phi) is 5.78. The van der Waals surface area contributed by atoms with Crippen LogP contribution in [0.3, 0.4) is 0 Å². The third-order valence-electron chi connectivity index (χ3n) is 4.22. The molecule has 2 aromatic heterocycles. The van der Waals surface area contributed by atoms with Crippen LogP contribution < -0.4 is 10.1 Å². The number of hydrogen-bond donors (Lipinski definition) is 2. The highest BCUT2D eigenvalue weighted by Crippen LogP contribution is 2.25. The first kappa shape index (κ1) is 18.5. The zero-order chi connectivity index (χ0) is 19.2. The molecule has 0 atom stereocenters. The molecule has 6 heteroatoms. The highest BCUT2D eigenvalue weighted by molar-refractivity contribution is 5.95. The van der Waals surface area contributed by atoms with Crippen LogP contribution in [-0.2, 0) is 13.2 Å². The van der Waals surface area contributed by atoms with Gasteiger partial charge in [-0.15, -0.1) is 0 Å². The second kappa shape index (κ2) is 8.42. The molecule has 0 aliphatic carbocycles. The lowest BCUT2D eigenvalue weighted by Gasteiger charge is -2.11. The van der Waals surface area contributed by atoms with Crippen molar-refractivity contribution < 1.29 is 14.6 Å². The molecule has 0 bridgehead atoms. The Balaban J connectivity index is 1.83. The van der Waals surface area contributed by atoms with Crippen molar-refractivity contribution >= 4 is 5.91 Å². The minimum absolute atomic E-state index is 0.143. The number of carbonyl (C=O) groups excluding carboxylic acids is 1. The van der Waals surface area contributed by atoms with Gasteiger partial charge < -0.3 is 15.2 Å². The van der Waals surface area contributed by atoms with E-state index in [4.69, 9.17) is 4.74 Å². The number of aryl methyl sites for hydroxylation is 1. The molecule has 6 nitrogen and oxygen atoms in total. The van der Waals surface area contributed by atoms with Crippen molar-refractivity contribution in [2.24, 2.45) is 0 Å². The lowest BCUT2D eigenvalue weighted by Crippen LogP contribution is -2.23. The molecule has 0 saturated heterocycles. The van der Waals surface area contributed by atoms with Crippen LogP contribution in [0, 0.1) is 6.92 Å². The molecule has 3 aromatic rings. The van der Waals surface area contributed by atoms with Crippen LogP contribution in [0.1, 0.15) is 27.2 Å². The van der Waals surface area contributed by atoms with Gasteiger partial charge in [0.25, 0.3) is 5.91 Å². The maximum absolute atomic E-state index is 12.6. The number of nitrogens with one attached hydrogen (secondary N) is 1. The zero-order valence-electron chi connectivity index (χ0n) is 15.3. The van der Waals surface area contributed by atoms with Gasteiger partial charge >= 0.3 is 0 Å². The van der Waals surface area contributed by atoms with E-state index in [9.17, 15) is 9.90 Å². The maximum atomic E-state index is 12.6. The average Bonchev–Trinajstić information content (AvgIpc) is 2.72.